The van der Waals surface area contributed by atoms with Crippen LogP contribution in [0.3, 0.4) is 0 Å². The first-order valence-corrected chi connectivity index (χ1v) is 5.30. The second-order valence-electron chi connectivity index (χ2n) is 3.49. The molecule has 1 N–H and O–H groups in total. The second-order valence-corrected chi connectivity index (χ2v) is 4.55. The third-order valence-electron chi connectivity index (χ3n) is 1.81. The minimum Gasteiger partial charge on any atom is -0.396 e. The zero-order valence-corrected chi connectivity index (χ0v) is 9.32. The quantitative estimate of drug-likeness (QED) is 0.665. The van der Waals surface area contributed by atoms with E-state index in [2.05, 4.69) is 0 Å². The zero-order chi connectivity index (χ0) is 10.3. The average molecular weight is 206 g/mol. The summed E-state index contributed by atoms with van der Waals surface area (Å²) in [6, 6.07) is 0. The minimum atomic E-state index is -0.423. The van der Waals surface area contributed by atoms with E-state index in [9.17, 15) is 4.79 Å². The van der Waals surface area contributed by atoms with E-state index in [-0.39, 0.29) is 11.7 Å². The zero-order valence-electron chi connectivity index (χ0n) is 8.50. The fourth-order valence-corrected chi connectivity index (χ4v) is 1.72. The molecular weight excluding hydrogens is 188 g/mol. The largest absolute Gasteiger partial charge is 0.396 e. The molecule has 0 aromatic rings. The molecule has 0 aliphatic rings. The van der Waals surface area contributed by atoms with Crippen molar-refractivity contribution in [2.45, 2.75) is 20.3 Å². The van der Waals surface area contributed by atoms with Crippen molar-refractivity contribution in [3.8, 4) is 0 Å². The normalized spacial score (nSPS) is 11.7. The van der Waals surface area contributed by atoms with Crippen molar-refractivity contribution in [2.75, 3.05) is 26.1 Å². The van der Waals surface area contributed by atoms with Gasteiger partial charge in [0.2, 0.25) is 0 Å². The molecule has 0 saturated heterocycles. The van der Waals surface area contributed by atoms with Crippen LogP contribution in [0.15, 0.2) is 0 Å². The first kappa shape index (κ1) is 12.9. The molecular formula is C9H18O3S. The van der Waals surface area contributed by atoms with Gasteiger partial charge in [0.05, 0.1) is 6.61 Å². The van der Waals surface area contributed by atoms with E-state index < -0.39 is 5.41 Å². The highest BCUT2D eigenvalue weighted by Gasteiger charge is 2.26. The molecule has 0 aliphatic heterocycles. The number of aliphatic hydroxyl groups excluding tert-OH is 1. The molecule has 0 fully saturated rings. The maximum atomic E-state index is 11.5. The molecule has 3 nitrogen and oxygen atoms in total. The van der Waals surface area contributed by atoms with Crippen molar-refractivity contribution in [1.29, 1.82) is 0 Å². The summed E-state index contributed by atoms with van der Waals surface area (Å²) >= 11 is 1.27. The van der Waals surface area contributed by atoms with Gasteiger partial charge in [-0.25, -0.2) is 0 Å². The van der Waals surface area contributed by atoms with E-state index in [4.69, 9.17) is 9.84 Å². The number of carbonyl (C=O) groups excluding carboxylic acids is 1. The van der Waals surface area contributed by atoms with E-state index in [0.717, 1.165) is 0 Å². The van der Waals surface area contributed by atoms with Crippen LogP contribution >= 0.6 is 11.8 Å². The molecule has 0 radical (unpaired) electrons. The van der Waals surface area contributed by atoms with Gasteiger partial charge < -0.3 is 9.84 Å². The lowest BCUT2D eigenvalue weighted by Gasteiger charge is -2.20. The van der Waals surface area contributed by atoms with E-state index in [1.165, 1.54) is 11.8 Å². The van der Waals surface area contributed by atoms with Gasteiger partial charge in [0.1, 0.15) is 0 Å². The highest BCUT2D eigenvalue weighted by molar-refractivity contribution is 8.13. The van der Waals surface area contributed by atoms with Crippen molar-refractivity contribution in [1.82, 2.24) is 0 Å². The molecule has 0 aromatic carbocycles. The Morgan fingerprint density at radius 3 is 2.62 bits per heavy atom. The van der Waals surface area contributed by atoms with E-state index in [0.29, 0.717) is 18.8 Å². The second kappa shape index (κ2) is 6.40. The van der Waals surface area contributed by atoms with E-state index in [1.807, 2.05) is 13.8 Å². The first-order chi connectivity index (χ1) is 6.04. The van der Waals surface area contributed by atoms with Crippen molar-refractivity contribution >= 4 is 16.9 Å². The van der Waals surface area contributed by atoms with Crippen LogP contribution in [0.25, 0.3) is 0 Å². The van der Waals surface area contributed by atoms with Crippen LogP contribution in [0.4, 0.5) is 0 Å². The predicted molar refractivity (Wildman–Crippen MR) is 54.8 cm³/mol. The summed E-state index contributed by atoms with van der Waals surface area (Å²) in [7, 11) is 1.61. The highest BCUT2D eigenvalue weighted by atomic mass is 32.2. The van der Waals surface area contributed by atoms with Crippen molar-refractivity contribution < 1.29 is 14.6 Å². The van der Waals surface area contributed by atoms with Gasteiger partial charge in [-0.2, -0.15) is 0 Å². The molecule has 4 heteroatoms. The Morgan fingerprint density at radius 1 is 1.54 bits per heavy atom. The summed E-state index contributed by atoms with van der Waals surface area (Å²) in [5.41, 5.74) is -0.423. The molecule has 0 heterocycles. The molecule has 0 unspecified atom stereocenters. The number of methoxy groups -OCH3 is 1. The number of rotatable bonds is 6. The Hall–Kier alpha value is -0.0600. The van der Waals surface area contributed by atoms with Gasteiger partial charge in [-0.1, -0.05) is 25.6 Å². The average Bonchev–Trinajstić information content (AvgIpc) is 2.04. The predicted octanol–water partition coefficient (Wildman–Crippen LogP) is 1.30. The van der Waals surface area contributed by atoms with Crippen LogP contribution in [0.1, 0.15) is 20.3 Å². The lowest BCUT2D eigenvalue weighted by molar-refractivity contribution is -0.118. The maximum absolute atomic E-state index is 11.5. The summed E-state index contributed by atoms with van der Waals surface area (Å²) < 4.78 is 4.84. The van der Waals surface area contributed by atoms with Crippen LogP contribution in [0.5, 0.6) is 0 Å². The van der Waals surface area contributed by atoms with Crippen LogP contribution < -0.4 is 0 Å². The molecule has 0 atom stereocenters. The summed E-state index contributed by atoms with van der Waals surface area (Å²) in [6.07, 6.45) is 0.520. The maximum Gasteiger partial charge on any atom is 0.194 e. The van der Waals surface area contributed by atoms with Gasteiger partial charge in [0.15, 0.2) is 5.12 Å². The van der Waals surface area contributed by atoms with Gasteiger partial charge in [0.25, 0.3) is 0 Å². The SMILES string of the molecule is COCCSC(=O)C(C)(C)CCO. The standard InChI is InChI=1S/C9H18O3S/c1-9(2,4-5-10)8(11)13-7-6-12-3/h10H,4-7H2,1-3H3. The molecule has 0 aromatic heterocycles. The summed E-state index contributed by atoms with van der Waals surface area (Å²) in [4.78, 5) is 11.5. The lowest BCUT2D eigenvalue weighted by atomic mass is 9.92. The lowest BCUT2D eigenvalue weighted by Crippen LogP contribution is -2.23. The third kappa shape index (κ3) is 5.29. The van der Waals surface area contributed by atoms with Crippen LogP contribution in [0.2, 0.25) is 0 Å². The van der Waals surface area contributed by atoms with E-state index >= 15 is 0 Å². The summed E-state index contributed by atoms with van der Waals surface area (Å²) in [5.74, 6) is 0.685. The Kier molecular flexibility index (Phi) is 6.37. The Balaban J connectivity index is 3.80. The summed E-state index contributed by atoms with van der Waals surface area (Å²) in [5, 5.41) is 8.86. The van der Waals surface area contributed by atoms with Crippen molar-refractivity contribution in [3.05, 3.63) is 0 Å². The Morgan fingerprint density at radius 2 is 2.15 bits per heavy atom. The number of carbonyl (C=O) groups is 1. The number of aliphatic hydroxyl groups is 1. The molecule has 0 aliphatic carbocycles. The van der Waals surface area contributed by atoms with Gasteiger partial charge in [-0.05, 0) is 6.42 Å². The van der Waals surface area contributed by atoms with Gasteiger partial charge in [-0.15, -0.1) is 0 Å². The van der Waals surface area contributed by atoms with Crippen LogP contribution in [-0.4, -0.2) is 36.3 Å². The Labute approximate surface area is 83.9 Å². The number of thioether (sulfide) groups is 1. The number of hydrogen-bond donors (Lipinski definition) is 1. The molecule has 0 bridgehead atoms. The molecule has 0 spiro atoms. The fourth-order valence-electron chi connectivity index (χ4n) is 0.795. The minimum absolute atomic E-state index is 0.0591. The highest BCUT2D eigenvalue weighted by Crippen LogP contribution is 2.27. The van der Waals surface area contributed by atoms with Crippen LogP contribution in [-0.2, 0) is 9.53 Å². The molecule has 13 heavy (non-hydrogen) atoms. The molecule has 0 amide bonds. The third-order valence-corrected chi connectivity index (χ3v) is 3.00. The fraction of sp³-hybridized carbons (Fsp3) is 0.889. The Bertz CT molecular complexity index is 157. The number of ether oxygens (including phenoxy) is 1. The first-order valence-electron chi connectivity index (χ1n) is 4.31. The molecule has 78 valence electrons. The van der Waals surface area contributed by atoms with Gasteiger partial charge >= 0.3 is 0 Å². The van der Waals surface area contributed by atoms with Gasteiger partial charge in [-0.3, -0.25) is 4.79 Å². The summed E-state index contributed by atoms with van der Waals surface area (Å²) in [6.45, 7) is 4.35. The number of hydrogen-bond acceptors (Lipinski definition) is 4. The van der Waals surface area contributed by atoms with E-state index in [1.54, 1.807) is 7.11 Å². The van der Waals surface area contributed by atoms with Crippen LogP contribution in [0, 0.1) is 5.41 Å². The van der Waals surface area contributed by atoms with Gasteiger partial charge in [0, 0.05) is 24.9 Å². The molecule has 0 saturated carbocycles. The topological polar surface area (TPSA) is 46.5 Å². The monoisotopic (exact) mass is 206 g/mol. The smallest absolute Gasteiger partial charge is 0.194 e. The molecule has 0 rings (SSSR count). The van der Waals surface area contributed by atoms with Crippen molar-refractivity contribution in [2.24, 2.45) is 5.41 Å². The van der Waals surface area contributed by atoms with Crippen molar-refractivity contribution in [3.63, 3.8) is 0 Å².